The number of hydrogen-bond acceptors (Lipinski definition) is 2. The van der Waals surface area contributed by atoms with Crippen LogP contribution >= 0.6 is 0 Å². The van der Waals surface area contributed by atoms with Crippen LogP contribution in [0.25, 0.3) is 0 Å². The topological polar surface area (TPSA) is 32.3 Å². The molecule has 1 aromatic carbocycles. The second-order valence-electron chi connectivity index (χ2n) is 5.52. The van der Waals surface area contributed by atoms with E-state index in [-0.39, 0.29) is 17.9 Å². The molecule has 1 aromatic rings. The van der Waals surface area contributed by atoms with Gasteiger partial charge in [-0.05, 0) is 25.8 Å². The van der Waals surface area contributed by atoms with Crippen LogP contribution in [0.3, 0.4) is 0 Å². The minimum Gasteiger partial charge on any atom is -0.337 e. The molecule has 0 bridgehead atoms. The Bertz CT molecular complexity index is 418. The molecule has 0 aliphatic carbocycles. The predicted octanol–water partition coefficient (Wildman–Crippen LogP) is 2.39. The Morgan fingerprint density at radius 3 is 2.68 bits per heavy atom. The Labute approximate surface area is 116 Å². The molecule has 1 N–H and O–H groups in total. The highest BCUT2D eigenvalue weighted by atomic mass is 16.2. The molecular formula is C16H24N2O. The highest BCUT2D eigenvalue weighted by molar-refractivity contribution is 5.84. The molecule has 0 spiro atoms. The van der Waals surface area contributed by atoms with Crippen molar-refractivity contribution in [1.82, 2.24) is 10.2 Å². The molecular weight excluding hydrogens is 236 g/mol. The fraction of sp³-hybridized carbons (Fsp3) is 0.562. The average molecular weight is 260 g/mol. The second-order valence-corrected chi connectivity index (χ2v) is 5.52. The normalized spacial score (nSPS) is 25.1. The van der Waals surface area contributed by atoms with Crippen LogP contribution in [-0.4, -0.2) is 36.0 Å². The van der Waals surface area contributed by atoms with Gasteiger partial charge in [0.25, 0.3) is 0 Å². The fourth-order valence-electron chi connectivity index (χ4n) is 2.77. The van der Waals surface area contributed by atoms with E-state index >= 15 is 0 Å². The molecule has 19 heavy (non-hydrogen) atoms. The first kappa shape index (κ1) is 14.1. The molecule has 3 heteroatoms. The van der Waals surface area contributed by atoms with Crippen LogP contribution in [-0.2, 0) is 4.79 Å². The van der Waals surface area contributed by atoms with Gasteiger partial charge in [-0.25, -0.2) is 0 Å². The zero-order valence-electron chi connectivity index (χ0n) is 12.1. The fourth-order valence-corrected chi connectivity index (χ4v) is 2.77. The van der Waals surface area contributed by atoms with Gasteiger partial charge >= 0.3 is 0 Å². The lowest BCUT2D eigenvalue weighted by Gasteiger charge is -2.39. The van der Waals surface area contributed by atoms with Crippen molar-refractivity contribution in [3.8, 4) is 0 Å². The van der Waals surface area contributed by atoms with Crippen molar-refractivity contribution in [2.75, 3.05) is 13.1 Å². The number of benzene rings is 1. The monoisotopic (exact) mass is 260 g/mol. The van der Waals surface area contributed by atoms with E-state index in [0.29, 0.717) is 6.04 Å². The van der Waals surface area contributed by atoms with E-state index < -0.39 is 0 Å². The van der Waals surface area contributed by atoms with Crippen molar-refractivity contribution in [2.24, 2.45) is 0 Å². The Morgan fingerprint density at radius 2 is 2.05 bits per heavy atom. The van der Waals surface area contributed by atoms with Crippen LogP contribution in [0.5, 0.6) is 0 Å². The summed E-state index contributed by atoms with van der Waals surface area (Å²) in [6.45, 7) is 8.04. The third-order valence-corrected chi connectivity index (χ3v) is 3.96. The third kappa shape index (κ3) is 3.16. The van der Waals surface area contributed by atoms with Crippen LogP contribution in [0.15, 0.2) is 30.3 Å². The van der Waals surface area contributed by atoms with Crippen molar-refractivity contribution in [3.05, 3.63) is 35.9 Å². The van der Waals surface area contributed by atoms with Gasteiger partial charge in [0.05, 0.1) is 5.92 Å². The van der Waals surface area contributed by atoms with Gasteiger partial charge in [0.1, 0.15) is 0 Å². The molecule has 1 fully saturated rings. The number of nitrogens with one attached hydrogen (secondary N) is 1. The number of rotatable bonds is 3. The van der Waals surface area contributed by atoms with Gasteiger partial charge in [-0.1, -0.05) is 37.3 Å². The Balaban J connectivity index is 2.16. The first-order valence-electron chi connectivity index (χ1n) is 7.22. The van der Waals surface area contributed by atoms with Crippen LogP contribution in [0, 0.1) is 0 Å². The zero-order chi connectivity index (χ0) is 13.8. The summed E-state index contributed by atoms with van der Waals surface area (Å²) in [7, 11) is 0. The summed E-state index contributed by atoms with van der Waals surface area (Å²) in [6, 6.07) is 10.8. The van der Waals surface area contributed by atoms with Gasteiger partial charge in [0, 0.05) is 25.2 Å². The number of piperazine rings is 1. The lowest BCUT2D eigenvalue weighted by atomic mass is 9.94. The number of carbonyl (C=O) groups is 1. The maximum Gasteiger partial charge on any atom is 0.230 e. The molecule has 0 saturated carbocycles. The van der Waals surface area contributed by atoms with Gasteiger partial charge in [-0.3, -0.25) is 4.79 Å². The van der Waals surface area contributed by atoms with E-state index in [1.807, 2.05) is 23.1 Å². The minimum absolute atomic E-state index is 0.00560. The smallest absolute Gasteiger partial charge is 0.230 e. The summed E-state index contributed by atoms with van der Waals surface area (Å²) in [4.78, 5) is 14.8. The number of hydrogen-bond donors (Lipinski definition) is 1. The maximum atomic E-state index is 12.8. The molecule has 1 aliphatic heterocycles. The molecule has 0 aromatic heterocycles. The first-order chi connectivity index (χ1) is 9.13. The highest BCUT2D eigenvalue weighted by Gasteiger charge is 2.31. The van der Waals surface area contributed by atoms with Crippen LogP contribution in [0.1, 0.15) is 38.7 Å². The number of nitrogens with zero attached hydrogens (tertiary/aromatic N) is 1. The summed E-state index contributed by atoms with van der Waals surface area (Å²) < 4.78 is 0. The first-order valence-corrected chi connectivity index (χ1v) is 7.22. The number of carbonyl (C=O) groups excluding carboxylic acids is 1. The van der Waals surface area contributed by atoms with E-state index in [1.165, 1.54) is 0 Å². The molecule has 3 nitrogen and oxygen atoms in total. The van der Waals surface area contributed by atoms with Crippen molar-refractivity contribution in [1.29, 1.82) is 0 Å². The lowest BCUT2D eigenvalue weighted by Crippen LogP contribution is -2.57. The molecule has 1 aliphatic rings. The molecule has 3 unspecified atom stereocenters. The molecule has 1 amide bonds. The summed E-state index contributed by atoms with van der Waals surface area (Å²) in [5.41, 5.74) is 1.13. The molecule has 1 saturated heterocycles. The van der Waals surface area contributed by atoms with Gasteiger partial charge in [-0.15, -0.1) is 0 Å². The largest absolute Gasteiger partial charge is 0.337 e. The number of amides is 1. The van der Waals surface area contributed by atoms with E-state index in [1.54, 1.807) is 0 Å². The zero-order valence-corrected chi connectivity index (χ0v) is 12.1. The van der Waals surface area contributed by atoms with E-state index in [9.17, 15) is 4.79 Å². The quantitative estimate of drug-likeness (QED) is 0.905. The molecule has 104 valence electrons. The average Bonchev–Trinajstić information content (AvgIpc) is 2.43. The summed E-state index contributed by atoms with van der Waals surface area (Å²) in [5, 5.41) is 3.42. The van der Waals surface area contributed by atoms with E-state index in [4.69, 9.17) is 0 Å². The van der Waals surface area contributed by atoms with Crippen LogP contribution in [0.2, 0.25) is 0 Å². The lowest BCUT2D eigenvalue weighted by molar-refractivity contribution is -0.136. The van der Waals surface area contributed by atoms with Crippen LogP contribution in [0.4, 0.5) is 0 Å². The molecule has 1 heterocycles. The second kappa shape index (κ2) is 6.20. The van der Waals surface area contributed by atoms with Crippen LogP contribution < -0.4 is 5.32 Å². The SMILES string of the molecule is CCC(C(=O)N1CC(C)NCC1C)c1ccccc1. The summed E-state index contributed by atoms with van der Waals surface area (Å²) in [5.74, 6) is 0.267. The van der Waals surface area contributed by atoms with Crippen molar-refractivity contribution in [2.45, 2.75) is 45.2 Å². The Hall–Kier alpha value is -1.35. The van der Waals surface area contributed by atoms with Gasteiger partial charge < -0.3 is 10.2 Å². The molecule has 3 atom stereocenters. The maximum absolute atomic E-state index is 12.8. The van der Waals surface area contributed by atoms with Crippen molar-refractivity contribution >= 4 is 5.91 Å². The molecule has 2 rings (SSSR count). The van der Waals surface area contributed by atoms with Crippen molar-refractivity contribution in [3.63, 3.8) is 0 Å². The Morgan fingerprint density at radius 1 is 1.37 bits per heavy atom. The van der Waals surface area contributed by atoms with Gasteiger partial charge in [-0.2, -0.15) is 0 Å². The summed E-state index contributed by atoms with van der Waals surface area (Å²) >= 11 is 0. The predicted molar refractivity (Wildman–Crippen MR) is 78.1 cm³/mol. The third-order valence-electron chi connectivity index (χ3n) is 3.96. The molecule has 0 radical (unpaired) electrons. The van der Waals surface area contributed by atoms with E-state index in [0.717, 1.165) is 25.1 Å². The highest BCUT2D eigenvalue weighted by Crippen LogP contribution is 2.24. The standard InChI is InChI=1S/C16H24N2O/c1-4-15(14-8-6-5-7-9-14)16(19)18-11-12(2)17-10-13(18)3/h5-9,12-13,15,17H,4,10-11H2,1-3H3. The van der Waals surface area contributed by atoms with Gasteiger partial charge in [0.15, 0.2) is 0 Å². The summed E-state index contributed by atoms with van der Waals surface area (Å²) in [6.07, 6.45) is 0.855. The van der Waals surface area contributed by atoms with E-state index in [2.05, 4.69) is 38.2 Å². The Kier molecular flexibility index (Phi) is 4.59. The minimum atomic E-state index is -0.00560. The van der Waals surface area contributed by atoms with Crippen molar-refractivity contribution < 1.29 is 4.79 Å². The van der Waals surface area contributed by atoms with Gasteiger partial charge in [0.2, 0.25) is 5.91 Å².